The second kappa shape index (κ2) is 10.4. The van der Waals surface area contributed by atoms with Crippen LogP contribution in [0.4, 0.5) is 10.1 Å². The Labute approximate surface area is 221 Å². The molecule has 10 heteroatoms. The van der Waals surface area contributed by atoms with E-state index in [1.807, 2.05) is 30.3 Å². The molecule has 5 rings (SSSR count). The zero-order valence-electron chi connectivity index (χ0n) is 21.5. The van der Waals surface area contributed by atoms with Crippen LogP contribution in [0, 0.1) is 5.82 Å². The van der Waals surface area contributed by atoms with Crippen LogP contribution in [0.1, 0.15) is 30.1 Å². The van der Waals surface area contributed by atoms with Crippen LogP contribution in [0.5, 0.6) is 0 Å². The molecule has 4 amide bonds. The van der Waals surface area contributed by atoms with E-state index < -0.39 is 11.4 Å². The molecule has 0 aromatic heterocycles. The number of piperidine rings is 1. The summed E-state index contributed by atoms with van der Waals surface area (Å²) in [4.78, 5) is 60.5. The number of rotatable bonds is 4. The van der Waals surface area contributed by atoms with Crippen LogP contribution >= 0.6 is 0 Å². The minimum absolute atomic E-state index is 0.00323. The average Bonchev–Trinajstić information content (AvgIpc) is 3.20. The van der Waals surface area contributed by atoms with Gasteiger partial charge in [-0.15, -0.1) is 0 Å². The van der Waals surface area contributed by atoms with Crippen LogP contribution < -0.4 is 4.90 Å². The van der Waals surface area contributed by atoms with Crippen molar-refractivity contribution in [1.29, 1.82) is 0 Å². The van der Waals surface area contributed by atoms with E-state index in [2.05, 4.69) is 4.90 Å². The van der Waals surface area contributed by atoms with E-state index >= 15 is 0 Å². The van der Waals surface area contributed by atoms with Crippen LogP contribution in [0.15, 0.2) is 54.6 Å². The number of hydrogen-bond donors (Lipinski definition) is 0. The Kier molecular flexibility index (Phi) is 7.05. The predicted octanol–water partition coefficient (Wildman–Crippen LogP) is 1.80. The first-order valence-electron chi connectivity index (χ1n) is 13.0. The van der Waals surface area contributed by atoms with Crippen molar-refractivity contribution in [2.75, 3.05) is 57.4 Å². The number of anilines is 1. The number of likely N-dealkylation sites (tertiary alicyclic amines) is 1. The molecular formula is C28H32FN5O4. The lowest BCUT2D eigenvalue weighted by atomic mass is 9.85. The SMILES string of the molecule is CC(=O)N1CCN(C(=O)CN2CN(c3ccccc3)C3(CCN(C(=O)c4ccc(F)cc4)CC3)C2=O)CC1. The standard InChI is InChI=1S/C28H32FN5O4/c1-21(35)30-15-17-31(18-16-30)25(36)19-33-20-34(24-5-3-2-4-6-24)28(27(33)38)11-13-32(14-12-28)26(37)22-7-9-23(29)10-8-22/h2-10H,11-20H2,1H3. The van der Waals surface area contributed by atoms with Crippen LogP contribution in [-0.2, 0) is 14.4 Å². The van der Waals surface area contributed by atoms with Crippen molar-refractivity contribution in [2.45, 2.75) is 25.3 Å². The summed E-state index contributed by atoms with van der Waals surface area (Å²) in [6, 6.07) is 15.2. The monoisotopic (exact) mass is 521 g/mol. The molecule has 3 saturated heterocycles. The highest BCUT2D eigenvalue weighted by molar-refractivity contribution is 5.97. The van der Waals surface area contributed by atoms with Gasteiger partial charge in [-0.2, -0.15) is 0 Å². The Hall–Kier alpha value is -3.95. The molecule has 0 unspecified atom stereocenters. The van der Waals surface area contributed by atoms with Crippen molar-refractivity contribution < 1.29 is 23.6 Å². The van der Waals surface area contributed by atoms with Gasteiger partial charge in [-0.05, 0) is 49.2 Å². The molecule has 0 aliphatic carbocycles. The quantitative estimate of drug-likeness (QED) is 0.613. The van der Waals surface area contributed by atoms with E-state index in [9.17, 15) is 23.6 Å². The number of halogens is 1. The number of piperazine rings is 1. The summed E-state index contributed by atoms with van der Waals surface area (Å²) in [6.07, 6.45) is 0.852. The van der Waals surface area contributed by atoms with E-state index in [1.165, 1.54) is 31.2 Å². The van der Waals surface area contributed by atoms with Gasteiger partial charge in [0.2, 0.25) is 11.8 Å². The molecule has 2 aromatic carbocycles. The van der Waals surface area contributed by atoms with Crippen molar-refractivity contribution in [3.8, 4) is 0 Å². The molecule has 2 aromatic rings. The molecule has 200 valence electrons. The maximum atomic E-state index is 13.9. The first-order chi connectivity index (χ1) is 18.3. The number of hydrogen-bond acceptors (Lipinski definition) is 5. The van der Waals surface area contributed by atoms with Gasteiger partial charge < -0.3 is 24.5 Å². The van der Waals surface area contributed by atoms with Crippen molar-refractivity contribution in [3.63, 3.8) is 0 Å². The Morgan fingerprint density at radius 3 is 2.03 bits per heavy atom. The molecular weight excluding hydrogens is 489 g/mol. The van der Waals surface area contributed by atoms with Crippen LogP contribution in [0.3, 0.4) is 0 Å². The fourth-order valence-corrected chi connectivity index (χ4v) is 5.71. The largest absolute Gasteiger partial charge is 0.339 e. The Morgan fingerprint density at radius 2 is 1.42 bits per heavy atom. The maximum absolute atomic E-state index is 13.9. The van der Waals surface area contributed by atoms with Crippen LogP contribution in [0.25, 0.3) is 0 Å². The lowest BCUT2D eigenvalue weighted by Crippen LogP contribution is -2.57. The number of carbonyl (C=O) groups is 4. The topological polar surface area (TPSA) is 84.5 Å². The molecule has 0 radical (unpaired) electrons. The summed E-state index contributed by atoms with van der Waals surface area (Å²) < 4.78 is 13.3. The molecule has 3 aliphatic rings. The van der Waals surface area contributed by atoms with Gasteiger partial charge in [-0.3, -0.25) is 19.2 Å². The third kappa shape index (κ3) is 4.82. The molecule has 3 fully saturated rings. The van der Waals surface area contributed by atoms with Crippen molar-refractivity contribution in [2.24, 2.45) is 0 Å². The summed E-state index contributed by atoms with van der Waals surface area (Å²) in [5.74, 6) is -0.823. The second-order valence-electron chi connectivity index (χ2n) is 10.1. The molecule has 0 N–H and O–H groups in total. The van der Waals surface area contributed by atoms with Crippen LogP contribution in [-0.4, -0.2) is 101 Å². The molecule has 1 spiro atoms. The van der Waals surface area contributed by atoms with Gasteiger partial charge in [-0.1, -0.05) is 18.2 Å². The highest BCUT2D eigenvalue weighted by atomic mass is 19.1. The number of amides is 4. The number of nitrogens with zero attached hydrogens (tertiary/aromatic N) is 5. The number of para-hydroxylation sites is 1. The zero-order chi connectivity index (χ0) is 26.9. The van der Waals surface area contributed by atoms with Crippen molar-refractivity contribution in [3.05, 3.63) is 66.0 Å². The van der Waals surface area contributed by atoms with E-state index in [-0.39, 0.29) is 36.8 Å². The highest BCUT2D eigenvalue weighted by Crippen LogP contribution is 2.39. The van der Waals surface area contributed by atoms with Gasteiger partial charge in [0.1, 0.15) is 17.9 Å². The first kappa shape index (κ1) is 25.7. The summed E-state index contributed by atoms with van der Waals surface area (Å²) in [6.45, 7) is 4.43. The zero-order valence-corrected chi connectivity index (χ0v) is 21.5. The van der Waals surface area contributed by atoms with Gasteiger partial charge in [0.15, 0.2) is 0 Å². The van der Waals surface area contributed by atoms with Crippen molar-refractivity contribution in [1.82, 2.24) is 19.6 Å². The second-order valence-corrected chi connectivity index (χ2v) is 10.1. The molecule has 0 bridgehead atoms. The van der Waals surface area contributed by atoms with Gasteiger partial charge in [0.25, 0.3) is 11.8 Å². The molecule has 3 aliphatic heterocycles. The average molecular weight is 522 g/mol. The molecule has 0 saturated carbocycles. The fourth-order valence-electron chi connectivity index (χ4n) is 5.71. The minimum Gasteiger partial charge on any atom is -0.339 e. The van der Waals surface area contributed by atoms with Gasteiger partial charge in [0.05, 0.1) is 6.67 Å². The van der Waals surface area contributed by atoms with E-state index in [4.69, 9.17) is 0 Å². The lowest BCUT2D eigenvalue weighted by Gasteiger charge is -2.43. The maximum Gasteiger partial charge on any atom is 0.253 e. The summed E-state index contributed by atoms with van der Waals surface area (Å²) >= 11 is 0. The third-order valence-electron chi connectivity index (χ3n) is 7.95. The number of carbonyl (C=O) groups excluding carboxylic acids is 4. The van der Waals surface area contributed by atoms with Crippen LogP contribution in [0.2, 0.25) is 0 Å². The smallest absolute Gasteiger partial charge is 0.253 e. The third-order valence-corrected chi connectivity index (χ3v) is 7.95. The minimum atomic E-state index is -0.853. The summed E-state index contributed by atoms with van der Waals surface area (Å²) in [5, 5.41) is 0. The molecule has 38 heavy (non-hydrogen) atoms. The summed E-state index contributed by atoms with van der Waals surface area (Å²) in [7, 11) is 0. The lowest BCUT2D eigenvalue weighted by molar-refractivity contribution is -0.143. The fraction of sp³-hybridized carbons (Fsp3) is 0.429. The first-order valence-corrected chi connectivity index (χ1v) is 13.0. The van der Waals surface area contributed by atoms with Gasteiger partial charge in [-0.25, -0.2) is 4.39 Å². The number of benzene rings is 2. The Morgan fingerprint density at radius 1 is 0.816 bits per heavy atom. The summed E-state index contributed by atoms with van der Waals surface area (Å²) in [5.41, 5.74) is 0.454. The molecule has 3 heterocycles. The Bertz CT molecular complexity index is 1210. The highest BCUT2D eigenvalue weighted by Gasteiger charge is 2.54. The Balaban J connectivity index is 1.31. The van der Waals surface area contributed by atoms with E-state index in [1.54, 1.807) is 19.6 Å². The molecule has 9 nitrogen and oxygen atoms in total. The molecule has 0 atom stereocenters. The van der Waals surface area contributed by atoms with E-state index in [0.717, 1.165) is 5.69 Å². The van der Waals surface area contributed by atoms with Gasteiger partial charge >= 0.3 is 0 Å². The van der Waals surface area contributed by atoms with Gasteiger partial charge in [0, 0.05) is 57.4 Å². The predicted molar refractivity (Wildman–Crippen MR) is 139 cm³/mol. The van der Waals surface area contributed by atoms with E-state index in [0.29, 0.717) is 57.7 Å². The normalized spacial score (nSPS) is 19.3. The van der Waals surface area contributed by atoms with Crippen molar-refractivity contribution >= 4 is 29.3 Å².